The van der Waals surface area contributed by atoms with Gasteiger partial charge in [-0.2, -0.15) is 0 Å². The standard InChI is InChI=1S/C20H19NO3/c1-13-8-10-15(11-9-13)14(2)21(3)19(22)17-12-16-6-4-5-7-18(16)24-20(17)23/h4-12,14H,1-3H3. The average Bonchev–Trinajstić information content (AvgIpc) is 2.60. The number of aryl methyl sites for hydroxylation is 1. The van der Waals surface area contributed by atoms with Gasteiger partial charge in [0.25, 0.3) is 5.91 Å². The maximum atomic E-state index is 12.8. The first-order chi connectivity index (χ1) is 11.5. The molecule has 3 rings (SSSR count). The van der Waals surface area contributed by atoms with Gasteiger partial charge in [-0.25, -0.2) is 4.79 Å². The van der Waals surface area contributed by atoms with Crippen LogP contribution in [-0.2, 0) is 0 Å². The Kier molecular flexibility index (Phi) is 4.21. The summed E-state index contributed by atoms with van der Waals surface area (Å²) in [6.07, 6.45) is 0. The molecule has 1 heterocycles. The van der Waals surface area contributed by atoms with Gasteiger partial charge >= 0.3 is 5.63 Å². The summed E-state index contributed by atoms with van der Waals surface area (Å²) in [4.78, 5) is 26.5. The maximum absolute atomic E-state index is 12.8. The zero-order valence-corrected chi connectivity index (χ0v) is 13.9. The molecule has 4 nitrogen and oxygen atoms in total. The number of hydrogen-bond acceptors (Lipinski definition) is 3. The topological polar surface area (TPSA) is 50.5 Å². The van der Waals surface area contributed by atoms with E-state index in [4.69, 9.17) is 4.42 Å². The quantitative estimate of drug-likeness (QED) is 0.687. The second-order valence-corrected chi connectivity index (χ2v) is 5.99. The van der Waals surface area contributed by atoms with Gasteiger partial charge in [-0.3, -0.25) is 4.79 Å². The number of fused-ring (bicyclic) bond motifs is 1. The molecule has 1 atom stereocenters. The van der Waals surface area contributed by atoms with E-state index >= 15 is 0 Å². The molecule has 0 N–H and O–H groups in total. The van der Waals surface area contributed by atoms with Gasteiger partial charge < -0.3 is 9.32 Å². The van der Waals surface area contributed by atoms with Crippen LogP contribution in [-0.4, -0.2) is 17.9 Å². The normalized spacial score (nSPS) is 12.1. The van der Waals surface area contributed by atoms with Crippen molar-refractivity contribution >= 4 is 16.9 Å². The minimum absolute atomic E-state index is 0.0511. The molecule has 24 heavy (non-hydrogen) atoms. The second-order valence-electron chi connectivity index (χ2n) is 5.99. The fourth-order valence-corrected chi connectivity index (χ4v) is 2.65. The molecule has 1 amide bonds. The smallest absolute Gasteiger partial charge is 0.349 e. The summed E-state index contributed by atoms with van der Waals surface area (Å²) in [5.74, 6) is -0.345. The van der Waals surface area contributed by atoms with Crippen molar-refractivity contribution < 1.29 is 9.21 Å². The van der Waals surface area contributed by atoms with Crippen LogP contribution in [0.1, 0.15) is 34.5 Å². The van der Waals surface area contributed by atoms with Gasteiger partial charge in [-0.1, -0.05) is 48.0 Å². The summed E-state index contributed by atoms with van der Waals surface area (Å²) in [5, 5.41) is 0.733. The molecule has 0 spiro atoms. The van der Waals surface area contributed by atoms with Crippen LogP contribution >= 0.6 is 0 Å². The van der Waals surface area contributed by atoms with E-state index in [2.05, 4.69) is 0 Å². The van der Waals surface area contributed by atoms with E-state index in [0.717, 1.165) is 16.5 Å². The molecule has 122 valence electrons. The Morgan fingerprint density at radius 2 is 1.75 bits per heavy atom. The number of hydrogen-bond donors (Lipinski definition) is 0. The summed E-state index contributed by atoms with van der Waals surface area (Å²) in [6.45, 7) is 3.95. The molecule has 1 unspecified atom stereocenters. The Labute approximate surface area is 140 Å². The Morgan fingerprint density at radius 3 is 2.46 bits per heavy atom. The molecule has 0 aliphatic heterocycles. The Bertz CT molecular complexity index is 941. The van der Waals surface area contributed by atoms with E-state index < -0.39 is 5.63 Å². The number of rotatable bonds is 3. The van der Waals surface area contributed by atoms with Gasteiger partial charge in [0.05, 0.1) is 6.04 Å². The minimum atomic E-state index is -0.610. The lowest BCUT2D eigenvalue weighted by atomic mass is 10.0. The van der Waals surface area contributed by atoms with Crippen molar-refractivity contribution in [3.63, 3.8) is 0 Å². The molecular weight excluding hydrogens is 302 g/mol. The van der Waals surface area contributed by atoms with Gasteiger partial charge in [0.15, 0.2) is 0 Å². The number of nitrogens with zero attached hydrogens (tertiary/aromatic N) is 1. The van der Waals surface area contributed by atoms with E-state index in [1.165, 1.54) is 0 Å². The van der Waals surface area contributed by atoms with Gasteiger partial charge in [-0.15, -0.1) is 0 Å². The van der Waals surface area contributed by atoms with Crippen LogP contribution in [0.25, 0.3) is 11.0 Å². The van der Waals surface area contributed by atoms with Gasteiger partial charge in [0.1, 0.15) is 11.1 Å². The fourth-order valence-electron chi connectivity index (χ4n) is 2.65. The van der Waals surface area contributed by atoms with Crippen molar-refractivity contribution in [3.8, 4) is 0 Å². The van der Waals surface area contributed by atoms with E-state index in [1.807, 2.05) is 50.2 Å². The van der Waals surface area contributed by atoms with Crippen LogP contribution in [0.15, 0.2) is 63.8 Å². The Balaban J connectivity index is 1.94. The van der Waals surface area contributed by atoms with Crippen molar-refractivity contribution in [1.29, 1.82) is 0 Å². The van der Waals surface area contributed by atoms with Crippen molar-refractivity contribution in [1.82, 2.24) is 4.90 Å². The molecule has 3 aromatic rings. The predicted octanol–water partition coefficient (Wildman–Crippen LogP) is 3.93. The number of carbonyl (C=O) groups excluding carboxylic acids is 1. The first-order valence-corrected chi connectivity index (χ1v) is 7.84. The molecule has 0 aliphatic carbocycles. The van der Waals surface area contributed by atoms with Crippen LogP contribution in [0.2, 0.25) is 0 Å². The second kappa shape index (κ2) is 6.32. The third-order valence-electron chi connectivity index (χ3n) is 4.33. The van der Waals surface area contributed by atoms with E-state index in [-0.39, 0.29) is 17.5 Å². The molecule has 0 aliphatic rings. The predicted molar refractivity (Wildman–Crippen MR) is 94.2 cm³/mol. The number of benzene rings is 2. The van der Waals surface area contributed by atoms with Crippen molar-refractivity contribution in [2.75, 3.05) is 7.05 Å². The van der Waals surface area contributed by atoms with Crippen LogP contribution < -0.4 is 5.63 Å². The number of para-hydroxylation sites is 1. The first kappa shape index (κ1) is 16.0. The molecule has 0 saturated carbocycles. The molecule has 2 aromatic carbocycles. The van der Waals surface area contributed by atoms with E-state index in [1.54, 1.807) is 30.1 Å². The monoisotopic (exact) mass is 321 g/mol. The highest BCUT2D eigenvalue weighted by atomic mass is 16.4. The third kappa shape index (κ3) is 2.95. The van der Waals surface area contributed by atoms with Crippen molar-refractivity contribution in [2.45, 2.75) is 19.9 Å². The van der Waals surface area contributed by atoms with Gasteiger partial charge in [0, 0.05) is 12.4 Å². The average molecular weight is 321 g/mol. The van der Waals surface area contributed by atoms with E-state index in [9.17, 15) is 9.59 Å². The Hall–Kier alpha value is -2.88. The minimum Gasteiger partial charge on any atom is -0.422 e. The molecule has 1 aromatic heterocycles. The summed E-state index contributed by atoms with van der Waals surface area (Å²) in [7, 11) is 1.70. The highest BCUT2D eigenvalue weighted by Gasteiger charge is 2.22. The molecule has 0 fully saturated rings. The number of carbonyl (C=O) groups is 1. The van der Waals surface area contributed by atoms with Gasteiger partial charge in [-0.05, 0) is 31.5 Å². The molecular formula is C20H19NO3. The lowest BCUT2D eigenvalue weighted by molar-refractivity contribution is 0.0738. The number of amides is 1. The summed E-state index contributed by atoms with van der Waals surface area (Å²) < 4.78 is 5.26. The third-order valence-corrected chi connectivity index (χ3v) is 4.33. The molecule has 0 bridgehead atoms. The fraction of sp³-hybridized carbons (Fsp3) is 0.200. The first-order valence-electron chi connectivity index (χ1n) is 7.84. The Morgan fingerprint density at radius 1 is 1.08 bits per heavy atom. The van der Waals surface area contributed by atoms with Gasteiger partial charge in [0.2, 0.25) is 0 Å². The highest BCUT2D eigenvalue weighted by Crippen LogP contribution is 2.21. The lowest BCUT2D eigenvalue weighted by Crippen LogP contribution is -2.32. The lowest BCUT2D eigenvalue weighted by Gasteiger charge is -2.25. The van der Waals surface area contributed by atoms with Crippen LogP contribution in [0.4, 0.5) is 0 Å². The zero-order chi connectivity index (χ0) is 17.3. The van der Waals surface area contributed by atoms with Crippen LogP contribution in [0.3, 0.4) is 0 Å². The highest BCUT2D eigenvalue weighted by molar-refractivity contribution is 5.96. The molecule has 4 heteroatoms. The summed E-state index contributed by atoms with van der Waals surface area (Å²) in [5.41, 5.74) is 2.10. The summed E-state index contributed by atoms with van der Waals surface area (Å²) in [6, 6.07) is 16.6. The summed E-state index contributed by atoms with van der Waals surface area (Å²) >= 11 is 0. The SMILES string of the molecule is Cc1ccc(C(C)N(C)C(=O)c2cc3ccccc3oc2=O)cc1. The zero-order valence-electron chi connectivity index (χ0n) is 13.9. The largest absolute Gasteiger partial charge is 0.422 e. The van der Waals surface area contributed by atoms with Crippen LogP contribution in [0.5, 0.6) is 0 Å². The maximum Gasteiger partial charge on any atom is 0.349 e. The van der Waals surface area contributed by atoms with Crippen molar-refractivity contribution in [3.05, 3.63) is 81.7 Å². The van der Waals surface area contributed by atoms with Crippen molar-refractivity contribution in [2.24, 2.45) is 0 Å². The van der Waals surface area contributed by atoms with E-state index in [0.29, 0.717) is 5.58 Å². The molecule has 0 radical (unpaired) electrons. The van der Waals surface area contributed by atoms with Crippen LogP contribution in [0, 0.1) is 6.92 Å². The molecule has 0 saturated heterocycles.